The Balaban J connectivity index is 4.48. The summed E-state index contributed by atoms with van der Waals surface area (Å²) in [5, 5.41) is 10.4. The van der Waals surface area contributed by atoms with Crippen LogP contribution in [0.1, 0.15) is 13.8 Å². The summed E-state index contributed by atoms with van der Waals surface area (Å²) in [5.74, 6) is -1.00. The average molecular weight is 362 g/mol. The molecule has 0 spiro atoms. The Morgan fingerprint density at radius 1 is 1.06 bits per heavy atom. The van der Waals surface area contributed by atoms with Gasteiger partial charge < -0.3 is 14.6 Å². The van der Waals surface area contributed by atoms with Gasteiger partial charge in [-0.1, -0.05) is 31.9 Å². The third-order valence-corrected chi connectivity index (χ3v) is 2.98. The molecule has 0 saturated heterocycles. The van der Waals surface area contributed by atoms with Crippen LogP contribution < -0.4 is 0 Å². The van der Waals surface area contributed by atoms with Gasteiger partial charge in [-0.3, -0.25) is 9.59 Å². The monoisotopic (exact) mass is 360 g/mol. The minimum absolute atomic E-state index is 0.262. The number of ether oxygens (including phenoxy) is 2. The maximum atomic E-state index is 10.8. The van der Waals surface area contributed by atoms with Gasteiger partial charge in [-0.2, -0.15) is 0 Å². The van der Waals surface area contributed by atoms with Crippen molar-refractivity contribution in [2.24, 2.45) is 0 Å². The molecule has 16 heavy (non-hydrogen) atoms. The molecule has 0 aliphatic carbocycles. The lowest BCUT2D eigenvalue weighted by molar-refractivity contribution is -0.163. The van der Waals surface area contributed by atoms with Gasteiger partial charge in [0.2, 0.25) is 0 Å². The number of alkyl halides is 2. The standard InChI is InChI=1S/C9H14Br2O5/c1-5(12)15-7(3-10)9(14)8(4-11)16-6(2)13/h7-9,14H,3-4H2,1-2H3/t7-,8-/m1/s1. The van der Waals surface area contributed by atoms with E-state index in [0.29, 0.717) is 0 Å². The molecule has 0 radical (unpaired) electrons. The van der Waals surface area contributed by atoms with Crippen LogP contribution in [0.4, 0.5) is 0 Å². The minimum atomic E-state index is -1.08. The van der Waals surface area contributed by atoms with Crippen molar-refractivity contribution in [3.05, 3.63) is 0 Å². The van der Waals surface area contributed by atoms with Gasteiger partial charge in [-0.15, -0.1) is 0 Å². The molecule has 0 amide bonds. The summed E-state index contributed by atoms with van der Waals surface area (Å²) in [6, 6.07) is 0. The maximum absolute atomic E-state index is 10.8. The van der Waals surface area contributed by atoms with Gasteiger partial charge in [0, 0.05) is 24.5 Å². The number of halogens is 2. The lowest BCUT2D eigenvalue weighted by Crippen LogP contribution is -2.44. The summed E-state index contributed by atoms with van der Waals surface area (Å²) in [6.45, 7) is 2.49. The molecule has 0 aliphatic heterocycles. The molecule has 0 aromatic carbocycles. The Bertz CT molecular complexity index is 222. The lowest BCUT2D eigenvalue weighted by atomic mass is 10.1. The number of hydrogen-bond acceptors (Lipinski definition) is 5. The summed E-state index contributed by atoms with van der Waals surface area (Å²) in [4.78, 5) is 21.6. The zero-order chi connectivity index (χ0) is 12.7. The number of rotatable bonds is 6. The largest absolute Gasteiger partial charge is 0.459 e. The summed E-state index contributed by atoms with van der Waals surface area (Å²) in [5.41, 5.74) is 0. The predicted molar refractivity (Wildman–Crippen MR) is 64.7 cm³/mol. The maximum Gasteiger partial charge on any atom is 0.303 e. The van der Waals surface area contributed by atoms with Crippen LogP contribution in [0.5, 0.6) is 0 Å². The van der Waals surface area contributed by atoms with Crippen LogP contribution in [0.25, 0.3) is 0 Å². The molecule has 0 fully saturated rings. The van der Waals surface area contributed by atoms with Crippen LogP contribution in [-0.4, -0.2) is 46.0 Å². The van der Waals surface area contributed by atoms with E-state index in [2.05, 4.69) is 31.9 Å². The van der Waals surface area contributed by atoms with Crippen LogP contribution in [0.15, 0.2) is 0 Å². The first kappa shape index (κ1) is 15.9. The summed E-state index contributed by atoms with van der Waals surface area (Å²) >= 11 is 6.23. The first-order chi connectivity index (χ1) is 7.42. The van der Waals surface area contributed by atoms with Crippen LogP contribution >= 0.6 is 31.9 Å². The van der Waals surface area contributed by atoms with Crippen LogP contribution in [0.3, 0.4) is 0 Å². The molecule has 0 aromatic rings. The van der Waals surface area contributed by atoms with Gasteiger partial charge in [-0.25, -0.2) is 0 Å². The van der Waals surface area contributed by atoms with Gasteiger partial charge in [0.1, 0.15) is 18.3 Å². The van der Waals surface area contributed by atoms with E-state index in [4.69, 9.17) is 9.47 Å². The molecule has 7 heteroatoms. The van der Waals surface area contributed by atoms with Gasteiger partial charge in [0.15, 0.2) is 0 Å². The third kappa shape index (κ3) is 5.81. The van der Waals surface area contributed by atoms with E-state index in [-0.39, 0.29) is 10.7 Å². The predicted octanol–water partition coefficient (Wildman–Crippen LogP) is 1.00. The minimum Gasteiger partial charge on any atom is -0.459 e. The fraction of sp³-hybridized carbons (Fsp3) is 0.778. The molecule has 0 bridgehead atoms. The Morgan fingerprint density at radius 3 is 1.56 bits per heavy atom. The fourth-order valence-corrected chi connectivity index (χ4v) is 2.08. The highest BCUT2D eigenvalue weighted by molar-refractivity contribution is 9.09. The van der Waals surface area contributed by atoms with Crippen LogP contribution in [-0.2, 0) is 19.1 Å². The van der Waals surface area contributed by atoms with E-state index in [0.717, 1.165) is 0 Å². The van der Waals surface area contributed by atoms with Crippen molar-refractivity contribution in [2.45, 2.75) is 32.2 Å². The number of aliphatic hydroxyl groups excluding tert-OH is 1. The molecule has 0 saturated carbocycles. The van der Waals surface area contributed by atoms with Crippen molar-refractivity contribution in [2.75, 3.05) is 10.7 Å². The molecular weight excluding hydrogens is 348 g/mol. The zero-order valence-electron chi connectivity index (χ0n) is 8.98. The summed E-state index contributed by atoms with van der Waals surface area (Å²) in [6.07, 6.45) is -2.58. The molecule has 94 valence electrons. The second-order valence-corrected chi connectivity index (χ2v) is 4.39. The van der Waals surface area contributed by atoms with E-state index in [9.17, 15) is 14.7 Å². The molecule has 0 aromatic heterocycles. The van der Waals surface area contributed by atoms with Crippen LogP contribution in [0, 0.1) is 0 Å². The van der Waals surface area contributed by atoms with E-state index in [1.54, 1.807) is 0 Å². The van der Waals surface area contributed by atoms with Crippen molar-refractivity contribution in [3.63, 3.8) is 0 Å². The Morgan fingerprint density at radius 2 is 1.38 bits per heavy atom. The fourth-order valence-electron chi connectivity index (χ4n) is 1.05. The van der Waals surface area contributed by atoms with Crippen molar-refractivity contribution in [1.29, 1.82) is 0 Å². The topological polar surface area (TPSA) is 72.8 Å². The van der Waals surface area contributed by atoms with E-state index < -0.39 is 30.3 Å². The SMILES string of the molecule is CC(=O)O[C@H](CBr)C(O)[C@@H](CBr)OC(C)=O. The Labute approximate surface area is 111 Å². The number of carbonyl (C=O) groups excluding carboxylic acids is 2. The van der Waals surface area contributed by atoms with Crippen molar-refractivity contribution in [1.82, 2.24) is 0 Å². The zero-order valence-corrected chi connectivity index (χ0v) is 12.2. The van der Waals surface area contributed by atoms with Gasteiger partial charge in [0.25, 0.3) is 0 Å². The van der Waals surface area contributed by atoms with Crippen molar-refractivity contribution in [3.8, 4) is 0 Å². The number of aliphatic hydroxyl groups is 1. The van der Waals surface area contributed by atoms with Crippen molar-refractivity contribution < 1.29 is 24.2 Å². The van der Waals surface area contributed by atoms with E-state index in [1.165, 1.54) is 13.8 Å². The number of esters is 2. The van der Waals surface area contributed by atoms with E-state index in [1.807, 2.05) is 0 Å². The van der Waals surface area contributed by atoms with Crippen LogP contribution in [0.2, 0.25) is 0 Å². The highest BCUT2D eigenvalue weighted by Gasteiger charge is 2.30. The molecule has 0 rings (SSSR count). The molecule has 0 aliphatic rings. The quantitative estimate of drug-likeness (QED) is 0.564. The highest BCUT2D eigenvalue weighted by Crippen LogP contribution is 2.13. The Hall–Kier alpha value is -0.140. The second-order valence-electron chi connectivity index (χ2n) is 3.09. The number of carbonyl (C=O) groups is 2. The Kier molecular flexibility index (Phi) is 7.96. The summed E-state index contributed by atoms with van der Waals surface area (Å²) < 4.78 is 9.76. The molecule has 5 nitrogen and oxygen atoms in total. The molecule has 0 unspecified atom stereocenters. The first-order valence-corrected chi connectivity index (χ1v) is 6.81. The molecular formula is C9H14Br2O5. The molecule has 2 atom stereocenters. The molecule has 0 heterocycles. The smallest absolute Gasteiger partial charge is 0.303 e. The second kappa shape index (κ2) is 8.03. The van der Waals surface area contributed by atoms with Gasteiger partial charge in [0.05, 0.1) is 0 Å². The highest BCUT2D eigenvalue weighted by atomic mass is 79.9. The third-order valence-electron chi connectivity index (χ3n) is 1.70. The average Bonchev–Trinajstić information content (AvgIpc) is 2.20. The lowest BCUT2D eigenvalue weighted by Gasteiger charge is -2.26. The first-order valence-electron chi connectivity index (χ1n) is 4.56. The van der Waals surface area contributed by atoms with E-state index >= 15 is 0 Å². The number of hydrogen-bond donors (Lipinski definition) is 1. The summed E-state index contributed by atoms with van der Waals surface area (Å²) in [7, 11) is 0. The van der Waals surface area contributed by atoms with Crippen molar-refractivity contribution >= 4 is 43.8 Å². The molecule has 1 N–H and O–H groups in total. The van der Waals surface area contributed by atoms with Gasteiger partial charge in [-0.05, 0) is 0 Å². The van der Waals surface area contributed by atoms with Gasteiger partial charge >= 0.3 is 11.9 Å². The normalized spacial score (nSPS) is 14.4.